The van der Waals surface area contributed by atoms with Crippen molar-refractivity contribution in [2.24, 2.45) is 0 Å². The number of carbonyl (C=O) groups is 1. The molecule has 0 bridgehead atoms. The van der Waals surface area contributed by atoms with Crippen LogP contribution in [0, 0.1) is 6.92 Å². The maximum atomic E-state index is 12.0. The highest BCUT2D eigenvalue weighted by Crippen LogP contribution is 2.10. The van der Waals surface area contributed by atoms with E-state index in [2.05, 4.69) is 13.8 Å². The van der Waals surface area contributed by atoms with Crippen LogP contribution in [0.3, 0.4) is 0 Å². The molecule has 0 fully saturated rings. The first-order valence-electron chi connectivity index (χ1n) is 6.35. The summed E-state index contributed by atoms with van der Waals surface area (Å²) in [5, 5.41) is 0. The van der Waals surface area contributed by atoms with Gasteiger partial charge in [-0.2, -0.15) is 0 Å². The molecule has 0 saturated carbocycles. The summed E-state index contributed by atoms with van der Waals surface area (Å²) in [5.41, 5.74) is 2.65. The molecule has 0 aliphatic heterocycles. The van der Waals surface area contributed by atoms with Gasteiger partial charge in [-0.25, -0.2) is 0 Å². The van der Waals surface area contributed by atoms with Gasteiger partial charge in [0.05, 0.1) is 0 Å². The molecular formula is C17H20O. The molecule has 0 amide bonds. The highest BCUT2D eigenvalue weighted by atomic mass is 16.1. The Bertz CT molecular complexity index is 469. The van der Waals surface area contributed by atoms with E-state index in [-0.39, 0.29) is 5.78 Å². The minimum Gasteiger partial charge on any atom is -0.289 e. The van der Waals surface area contributed by atoms with Gasteiger partial charge in [-0.15, -0.1) is 0 Å². The fourth-order valence-electron chi connectivity index (χ4n) is 1.46. The lowest BCUT2D eigenvalue weighted by Gasteiger charge is -2.00. The molecule has 0 atom stereocenters. The molecule has 0 aromatic heterocycles. The quantitative estimate of drug-likeness (QED) is 0.699. The summed E-state index contributed by atoms with van der Waals surface area (Å²) in [6, 6.07) is 17.0. The standard InChI is InChI=1S/C14H12O.C3H8/c1-11-7-9-13(10-8-11)14(15)12-5-3-2-4-6-12;1-3-2/h2-10H,1H3;3H2,1-2H3. The van der Waals surface area contributed by atoms with Crippen molar-refractivity contribution < 1.29 is 4.79 Å². The van der Waals surface area contributed by atoms with Crippen LogP contribution in [-0.4, -0.2) is 5.78 Å². The number of aryl methyl sites for hydroxylation is 1. The van der Waals surface area contributed by atoms with Crippen LogP contribution in [0.5, 0.6) is 0 Å². The van der Waals surface area contributed by atoms with E-state index in [1.54, 1.807) is 0 Å². The molecule has 2 aromatic carbocycles. The second-order valence-corrected chi connectivity index (χ2v) is 4.27. The minimum absolute atomic E-state index is 0.0793. The molecule has 18 heavy (non-hydrogen) atoms. The van der Waals surface area contributed by atoms with Crippen LogP contribution in [0.2, 0.25) is 0 Å². The molecule has 94 valence electrons. The summed E-state index contributed by atoms with van der Waals surface area (Å²) >= 11 is 0. The summed E-state index contributed by atoms with van der Waals surface area (Å²) in [4.78, 5) is 12.0. The normalized spacial score (nSPS) is 9.28. The van der Waals surface area contributed by atoms with Gasteiger partial charge >= 0.3 is 0 Å². The van der Waals surface area contributed by atoms with Crippen LogP contribution in [0.15, 0.2) is 54.6 Å². The van der Waals surface area contributed by atoms with E-state index in [1.807, 2.05) is 61.5 Å². The lowest BCUT2D eigenvalue weighted by atomic mass is 10.0. The van der Waals surface area contributed by atoms with Gasteiger partial charge in [0.15, 0.2) is 5.78 Å². The largest absolute Gasteiger partial charge is 0.289 e. The Morgan fingerprint density at radius 3 is 1.78 bits per heavy atom. The fraction of sp³-hybridized carbons (Fsp3) is 0.235. The molecule has 0 spiro atoms. The van der Waals surface area contributed by atoms with Crippen LogP contribution in [0.1, 0.15) is 41.8 Å². The first kappa shape index (κ1) is 14.2. The molecule has 0 saturated heterocycles. The number of hydrogen-bond acceptors (Lipinski definition) is 1. The number of carbonyl (C=O) groups excluding carboxylic acids is 1. The van der Waals surface area contributed by atoms with E-state index in [1.165, 1.54) is 12.0 Å². The predicted molar refractivity (Wildman–Crippen MR) is 77.0 cm³/mol. The summed E-state index contributed by atoms with van der Waals surface area (Å²) in [7, 11) is 0. The third-order valence-electron chi connectivity index (χ3n) is 2.35. The zero-order chi connectivity index (χ0) is 13.4. The van der Waals surface area contributed by atoms with Gasteiger partial charge < -0.3 is 0 Å². The summed E-state index contributed by atoms with van der Waals surface area (Å²) in [5.74, 6) is 0.0793. The van der Waals surface area contributed by atoms with Gasteiger partial charge in [-0.3, -0.25) is 4.79 Å². The molecule has 2 rings (SSSR count). The van der Waals surface area contributed by atoms with Gasteiger partial charge in [-0.05, 0) is 6.92 Å². The molecule has 1 nitrogen and oxygen atoms in total. The van der Waals surface area contributed by atoms with Crippen molar-refractivity contribution in [1.82, 2.24) is 0 Å². The van der Waals surface area contributed by atoms with Gasteiger partial charge in [0.1, 0.15) is 0 Å². The van der Waals surface area contributed by atoms with E-state index < -0.39 is 0 Å². The molecule has 0 aliphatic carbocycles. The van der Waals surface area contributed by atoms with Crippen molar-refractivity contribution in [2.75, 3.05) is 0 Å². The maximum Gasteiger partial charge on any atom is 0.193 e. The summed E-state index contributed by atoms with van der Waals surface area (Å²) < 4.78 is 0. The van der Waals surface area contributed by atoms with Crippen LogP contribution in [0.4, 0.5) is 0 Å². The molecule has 0 radical (unpaired) electrons. The Labute approximate surface area is 109 Å². The summed E-state index contributed by atoms with van der Waals surface area (Å²) in [6.45, 7) is 6.26. The lowest BCUT2D eigenvalue weighted by Crippen LogP contribution is -2.00. The Kier molecular flexibility index (Phi) is 5.86. The minimum atomic E-state index is 0.0793. The van der Waals surface area contributed by atoms with E-state index in [0.717, 1.165) is 11.1 Å². The maximum absolute atomic E-state index is 12.0. The number of ketones is 1. The topological polar surface area (TPSA) is 17.1 Å². The second-order valence-electron chi connectivity index (χ2n) is 4.27. The van der Waals surface area contributed by atoms with Crippen LogP contribution >= 0.6 is 0 Å². The second kappa shape index (κ2) is 7.44. The van der Waals surface area contributed by atoms with Crippen molar-refractivity contribution >= 4 is 5.78 Å². The van der Waals surface area contributed by atoms with Gasteiger partial charge in [-0.1, -0.05) is 80.4 Å². The Hall–Kier alpha value is -1.89. The third kappa shape index (κ3) is 4.17. The van der Waals surface area contributed by atoms with Crippen LogP contribution in [0.25, 0.3) is 0 Å². The first-order valence-corrected chi connectivity index (χ1v) is 6.35. The average Bonchev–Trinajstić information content (AvgIpc) is 2.41. The van der Waals surface area contributed by atoms with E-state index >= 15 is 0 Å². The Balaban J connectivity index is 0.000000492. The van der Waals surface area contributed by atoms with Crippen molar-refractivity contribution in [3.63, 3.8) is 0 Å². The van der Waals surface area contributed by atoms with Crippen molar-refractivity contribution in [1.29, 1.82) is 0 Å². The van der Waals surface area contributed by atoms with Gasteiger partial charge in [0.25, 0.3) is 0 Å². The number of benzene rings is 2. The molecule has 2 aromatic rings. The highest BCUT2D eigenvalue weighted by Gasteiger charge is 2.06. The van der Waals surface area contributed by atoms with Crippen molar-refractivity contribution in [2.45, 2.75) is 27.2 Å². The van der Waals surface area contributed by atoms with Crippen molar-refractivity contribution in [3.05, 3.63) is 71.3 Å². The van der Waals surface area contributed by atoms with Crippen molar-refractivity contribution in [3.8, 4) is 0 Å². The third-order valence-corrected chi connectivity index (χ3v) is 2.35. The Morgan fingerprint density at radius 1 is 0.833 bits per heavy atom. The monoisotopic (exact) mass is 240 g/mol. The zero-order valence-corrected chi connectivity index (χ0v) is 11.3. The molecule has 1 heteroatoms. The number of rotatable bonds is 2. The fourth-order valence-corrected chi connectivity index (χ4v) is 1.46. The molecule has 0 aliphatic rings. The van der Waals surface area contributed by atoms with Gasteiger partial charge in [0.2, 0.25) is 0 Å². The molecular weight excluding hydrogens is 220 g/mol. The molecule has 0 N–H and O–H groups in total. The molecule has 0 heterocycles. The smallest absolute Gasteiger partial charge is 0.193 e. The predicted octanol–water partition coefficient (Wildman–Crippen LogP) is 4.64. The zero-order valence-electron chi connectivity index (χ0n) is 11.3. The van der Waals surface area contributed by atoms with Gasteiger partial charge in [0, 0.05) is 11.1 Å². The van der Waals surface area contributed by atoms with Crippen LogP contribution < -0.4 is 0 Å². The van der Waals surface area contributed by atoms with Crippen LogP contribution in [-0.2, 0) is 0 Å². The van der Waals surface area contributed by atoms with E-state index in [0.29, 0.717) is 0 Å². The SMILES string of the molecule is CCC.Cc1ccc(C(=O)c2ccccc2)cc1. The number of hydrogen-bond donors (Lipinski definition) is 0. The first-order chi connectivity index (χ1) is 8.69. The van der Waals surface area contributed by atoms with E-state index in [9.17, 15) is 4.79 Å². The summed E-state index contributed by atoms with van der Waals surface area (Å²) in [6.07, 6.45) is 1.25. The van der Waals surface area contributed by atoms with E-state index in [4.69, 9.17) is 0 Å². The average molecular weight is 240 g/mol. The highest BCUT2D eigenvalue weighted by molar-refractivity contribution is 6.08. The molecule has 0 unspecified atom stereocenters. The lowest BCUT2D eigenvalue weighted by molar-refractivity contribution is 0.103. The Morgan fingerprint density at radius 2 is 1.28 bits per heavy atom.